The maximum absolute atomic E-state index is 11.7. The lowest BCUT2D eigenvalue weighted by atomic mass is 10.6. The normalized spacial score (nSPS) is 7.56. The van der Waals surface area contributed by atoms with Crippen molar-refractivity contribution in [1.29, 1.82) is 0 Å². The van der Waals surface area contributed by atoms with Crippen molar-refractivity contribution in [3.05, 3.63) is 12.4 Å². The van der Waals surface area contributed by atoms with Crippen LogP contribution in [0, 0.1) is 12.3 Å². The van der Waals surface area contributed by atoms with Gasteiger partial charge in [0.15, 0.2) is 6.61 Å². The SMILES string of the molecule is C#CCOC(=O)C(=C)F. The van der Waals surface area contributed by atoms with E-state index in [0.717, 1.165) is 0 Å². The number of esters is 1. The van der Waals surface area contributed by atoms with Gasteiger partial charge in [0.05, 0.1) is 0 Å². The molecule has 0 heterocycles. The predicted octanol–water partition coefficient (Wildman–Crippen LogP) is 0.646. The molecule has 0 aliphatic heterocycles. The molecule has 0 spiro atoms. The van der Waals surface area contributed by atoms with Gasteiger partial charge in [-0.25, -0.2) is 4.79 Å². The summed E-state index contributed by atoms with van der Waals surface area (Å²) in [6, 6.07) is 0. The summed E-state index contributed by atoms with van der Waals surface area (Å²) in [7, 11) is 0. The van der Waals surface area contributed by atoms with E-state index in [1.54, 1.807) is 0 Å². The van der Waals surface area contributed by atoms with Gasteiger partial charge in [0.1, 0.15) is 0 Å². The molecule has 0 aromatic heterocycles. The zero-order chi connectivity index (χ0) is 7.28. The van der Waals surface area contributed by atoms with Crippen LogP contribution in [-0.4, -0.2) is 12.6 Å². The predicted molar refractivity (Wildman–Crippen MR) is 30.0 cm³/mol. The van der Waals surface area contributed by atoms with E-state index < -0.39 is 11.8 Å². The molecule has 0 saturated carbocycles. The molecule has 0 aliphatic carbocycles. The third kappa shape index (κ3) is 3.30. The molecule has 3 heteroatoms. The highest BCUT2D eigenvalue weighted by atomic mass is 19.1. The van der Waals surface area contributed by atoms with E-state index in [0.29, 0.717) is 0 Å². The second kappa shape index (κ2) is 3.67. The number of terminal acetylenes is 1. The summed E-state index contributed by atoms with van der Waals surface area (Å²) >= 11 is 0. The molecule has 0 fully saturated rings. The van der Waals surface area contributed by atoms with Gasteiger partial charge in [-0.3, -0.25) is 0 Å². The largest absolute Gasteiger partial charge is 0.447 e. The van der Waals surface area contributed by atoms with Crippen LogP contribution < -0.4 is 0 Å². The van der Waals surface area contributed by atoms with Crippen molar-refractivity contribution in [3.8, 4) is 12.3 Å². The minimum atomic E-state index is -1.13. The van der Waals surface area contributed by atoms with Crippen LogP contribution in [0.1, 0.15) is 0 Å². The van der Waals surface area contributed by atoms with Crippen molar-refractivity contribution in [2.75, 3.05) is 6.61 Å². The summed E-state index contributed by atoms with van der Waals surface area (Å²) < 4.78 is 15.8. The van der Waals surface area contributed by atoms with Gasteiger partial charge in [0, 0.05) is 0 Å². The lowest BCUT2D eigenvalue weighted by Crippen LogP contribution is -2.03. The Morgan fingerprint density at radius 1 is 1.89 bits per heavy atom. The first-order valence-corrected chi connectivity index (χ1v) is 2.13. The number of rotatable bonds is 2. The van der Waals surface area contributed by atoms with E-state index in [2.05, 4.69) is 11.3 Å². The minimum absolute atomic E-state index is 0.220. The van der Waals surface area contributed by atoms with Crippen LogP contribution in [0.2, 0.25) is 0 Å². The molecular weight excluding hydrogens is 123 g/mol. The average Bonchev–Trinajstić information content (AvgIpc) is 1.82. The number of hydrogen-bond acceptors (Lipinski definition) is 2. The summed E-state index contributed by atoms with van der Waals surface area (Å²) in [5.74, 6) is -0.235. The first kappa shape index (κ1) is 7.70. The summed E-state index contributed by atoms with van der Waals surface area (Å²) in [5, 5.41) is 0. The van der Waals surface area contributed by atoms with Gasteiger partial charge in [-0.1, -0.05) is 12.5 Å². The molecule has 0 amide bonds. The highest BCUT2D eigenvalue weighted by Gasteiger charge is 2.04. The van der Waals surface area contributed by atoms with E-state index >= 15 is 0 Å². The summed E-state index contributed by atoms with van der Waals surface area (Å²) in [6.07, 6.45) is 4.70. The van der Waals surface area contributed by atoms with Crippen molar-refractivity contribution in [2.24, 2.45) is 0 Å². The van der Waals surface area contributed by atoms with E-state index in [-0.39, 0.29) is 6.61 Å². The van der Waals surface area contributed by atoms with Crippen molar-refractivity contribution in [2.45, 2.75) is 0 Å². The third-order valence-electron chi connectivity index (χ3n) is 0.508. The average molecular weight is 128 g/mol. The van der Waals surface area contributed by atoms with Gasteiger partial charge in [-0.05, 0) is 0 Å². The molecule has 0 unspecified atom stereocenters. The van der Waals surface area contributed by atoms with Gasteiger partial charge in [-0.2, -0.15) is 4.39 Å². The molecule has 0 aromatic rings. The van der Waals surface area contributed by atoms with Gasteiger partial charge < -0.3 is 4.74 Å². The molecule has 0 rings (SSSR count). The van der Waals surface area contributed by atoms with Crippen LogP contribution in [0.15, 0.2) is 12.4 Å². The Labute approximate surface area is 52.3 Å². The fourth-order valence-electron chi connectivity index (χ4n) is 0.186. The molecule has 0 radical (unpaired) electrons. The number of halogens is 1. The maximum atomic E-state index is 11.7. The molecule has 0 aliphatic rings. The highest BCUT2D eigenvalue weighted by molar-refractivity contribution is 5.85. The maximum Gasteiger partial charge on any atom is 0.367 e. The first-order valence-electron chi connectivity index (χ1n) is 2.13. The standard InChI is InChI=1S/C6H5FO2/c1-3-4-9-6(8)5(2)7/h1H,2,4H2. The Balaban J connectivity index is 3.55. The molecule has 0 N–H and O–H groups in total. The lowest BCUT2D eigenvalue weighted by Gasteiger charge is -1.93. The number of ether oxygens (including phenoxy) is 1. The number of hydrogen-bond donors (Lipinski definition) is 0. The van der Waals surface area contributed by atoms with Crippen molar-refractivity contribution >= 4 is 5.97 Å². The van der Waals surface area contributed by atoms with Crippen LogP contribution >= 0.6 is 0 Å². The lowest BCUT2D eigenvalue weighted by molar-refractivity contribution is -0.139. The molecular formula is C6H5FO2. The smallest absolute Gasteiger partial charge is 0.367 e. The van der Waals surface area contributed by atoms with E-state index in [1.165, 1.54) is 0 Å². The van der Waals surface area contributed by atoms with Crippen LogP contribution in [0.5, 0.6) is 0 Å². The van der Waals surface area contributed by atoms with Crippen LogP contribution in [0.3, 0.4) is 0 Å². The highest BCUT2D eigenvalue weighted by Crippen LogP contribution is 1.93. The Bertz CT molecular complexity index is 166. The number of carbonyl (C=O) groups is 1. The summed E-state index contributed by atoms with van der Waals surface area (Å²) in [6.45, 7) is 2.48. The molecule has 0 bridgehead atoms. The molecule has 2 nitrogen and oxygen atoms in total. The second-order valence-corrected chi connectivity index (χ2v) is 1.19. The first-order chi connectivity index (χ1) is 4.18. The van der Waals surface area contributed by atoms with Crippen molar-refractivity contribution in [1.82, 2.24) is 0 Å². The van der Waals surface area contributed by atoms with E-state index in [1.807, 2.05) is 5.92 Å². The minimum Gasteiger partial charge on any atom is -0.447 e. The Morgan fingerprint density at radius 3 is 2.78 bits per heavy atom. The fraction of sp³-hybridized carbons (Fsp3) is 0.167. The molecule has 48 valence electrons. The molecule has 0 aromatic carbocycles. The van der Waals surface area contributed by atoms with Gasteiger partial charge in [0.2, 0.25) is 5.83 Å². The van der Waals surface area contributed by atoms with Crippen LogP contribution in [0.4, 0.5) is 4.39 Å². The summed E-state index contributed by atoms with van der Waals surface area (Å²) in [5.41, 5.74) is 0. The monoisotopic (exact) mass is 128 g/mol. The van der Waals surface area contributed by atoms with Crippen molar-refractivity contribution in [3.63, 3.8) is 0 Å². The van der Waals surface area contributed by atoms with Crippen LogP contribution in [-0.2, 0) is 9.53 Å². The van der Waals surface area contributed by atoms with Gasteiger partial charge in [-0.15, -0.1) is 6.42 Å². The number of carbonyl (C=O) groups excluding carboxylic acids is 1. The van der Waals surface area contributed by atoms with E-state index in [4.69, 9.17) is 6.42 Å². The van der Waals surface area contributed by atoms with E-state index in [9.17, 15) is 9.18 Å². The zero-order valence-electron chi connectivity index (χ0n) is 4.69. The quantitative estimate of drug-likeness (QED) is 0.310. The molecule has 9 heavy (non-hydrogen) atoms. The Kier molecular flexibility index (Phi) is 3.14. The molecule has 0 atom stereocenters. The van der Waals surface area contributed by atoms with Gasteiger partial charge in [0.25, 0.3) is 0 Å². The molecule has 0 saturated heterocycles. The summed E-state index contributed by atoms with van der Waals surface area (Å²) in [4.78, 5) is 10.1. The third-order valence-corrected chi connectivity index (χ3v) is 0.508. The van der Waals surface area contributed by atoms with Crippen LogP contribution in [0.25, 0.3) is 0 Å². The Morgan fingerprint density at radius 2 is 2.44 bits per heavy atom. The van der Waals surface area contributed by atoms with Gasteiger partial charge >= 0.3 is 5.97 Å². The second-order valence-electron chi connectivity index (χ2n) is 1.19. The fourth-order valence-corrected chi connectivity index (χ4v) is 0.186. The Hall–Kier alpha value is -1.30. The van der Waals surface area contributed by atoms with Crippen molar-refractivity contribution < 1.29 is 13.9 Å². The zero-order valence-corrected chi connectivity index (χ0v) is 4.69. The topological polar surface area (TPSA) is 26.3 Å².